The van der Waals surface area contributed by atoms with Crippen molar-refractivity contribution < 1.29 is 28.9 Å². The third kappa shape index (κ3) is 8.71. The number of aliphatic hydroxyl groups excluding tert-OH is 1. The van der Waals surface area contributed by atoms with Crippen molar-refractivity contribution in [2.45, 2.75) is 49.7 Å². The summed E-state index contributed by atoms with van der Waals surface area (Å²) in [7, 11) is 1.25. The predicted molar refractivity (Wildman–Crippen MR) is 181 cm³/mol. The first-order chi connectivity index (χ1) is 23.0. The molecule has 4 aromatic carbocycles. The number of carbonyl (C=O) groups excluding carboxylic acids is 2. The normalized spacial score (nSPS) is 18.4. The van der Waals surface area contributed by atoms with E-state index in [0.717, 1.165) is 27.2 Å². The van der Waals surface area contributed by atoms with Gasteiger partial charge in [0, 0.05) is 12.5 Å². The molecule has 0 aromatic heterocycles. The molecule has 0 spiro atoms. The molecule has 0 saturated carbocycles. The lowest BCUT2D eigenvalue weighted by molar-refractivity contribution is -0.119. The van der Waals surface area contributed by atoms with E-state index in [4.69, 9.17) is 19.9 Å². The first kappa shape index (κ1) is 34.0. The highest BCUT2D eigenvalue weighted by Gasteiger charge is 2.36. The molecule has 1 saturated heterocycles. The molecule has 246 valence electrons. The number of hydrogen-bond acceptors (Lipinski definition) is 8. The molecular formula is C38H43N3O6. The number of nitrogens with zero attached hydrogens (tertiary/aromatic N) is 1. The Morgan fingerprint density at radius 3 is 2.13 bits per heavy atom. The van der Waals surface area contributed by atoms with E-state index >= 15 is 0 Å². The van der Waals surface area contributed by atoms with E-state index in [9.17, 15) is 14.7 Å². The summed E-state index contributed by atoms with van der Waals surface area (Å²) in [5, 5.41) is 13.5. The van der Waals surface area contributed by atoms with Gasteiger partial charge in [-0.1, -0.05) is 109 Å². The van der Waals surface area contributed by atoms with Crippen LogP contribution in [0.2, 0.25) is 0 Å². The molecule has 1 aliphatic heterocycles. The minimum absolute atomic E-state index is 0.147. The summed E-state index contributed by atoms with van der Waals surface area (Å²) in [6, 6.07) is 35.1. The van der Waals surface area contributed by atoms with Gasteiger partial charge in [0.1, 0.15) is 0 Å². The second-order valence-corrected chi connectivity index (χ2v) is 11.6. The summed E-state index contributed by atoms with van der Waals surface area (Å²) in [5.74, 6) is -1.07. The third-order valence-electron chi connectivity index (χ3n) is 8.52. The fraction of sp³-hybridized carbons (Fsp3) is 0.316. The lowest BCUT2D eigenvalue weighted by atomic mass is 9.84. The second-order valence-electron chi connectivity index (χ2n) is 11.6. The molecule has 1 fully saturated rings. The molecule has 1 heterocycles. The summed E-state index contributed by atoms with van der Waals surface area (Å²) in [4.78, 5) is 28.5. The minimum Gasteiger partial charge on any atom is -0.452 e. The van der Waals surface area contributed by atoms with Crippen molar-refractivity contribution in [1.29, 1.82) is 0 Å². The molecule has 1 aliphatic rings. The molecule has 4 atom stereocenters. The van der Waals surface area contributed by atoms with Crippen molar-refractivity contribution >= 4 is 17.7 Å². The molecule has 5 rings (SSSR count). The number of morpholine rings is 1. The van der Waals surface area contributed by atoms with E-state index in [2.05, 4.69) is 5.32 Å². The molecule has 9 heteroatoms. The van der Waals surface area contributed by atoms with Gasteiger partial charge >= 0.3 is 6.09 Å². The van der Waals surface area contributed by atoms with Crippen LogP contribution in [-0.2, 0) is 32.0 Å². The number of amides is 2. The predicted octanol–water partition coefficient (Wildman–Crippen LogP) is 4.81. The lowest BCUT2D eigenvalue weighted by Gasteiger charge is -2.37. The number of imide groups is 1. The van der Waals surface area contributed by atoms with Gasteiger partial charge in [-0.3, -0.25) is 4.79 Å². The molecule has 0 radical (unpaired) electrons. The van der Waals surface area contributed by atoms with Gasteiger partial charge < -0.3 is 30.4 Å². The maximum atomic E-state index is 14.2. The Balaban J connectivity index is 1.28. The zero-order valence-electron chi connectivity index (χ0n) is 26.6. The van der Waals surface area contributed by atoms with E-state index in [-0.39, 0.29) is 18.8 Å². The summed E-state index contributed by atoms with van der Waals surface area (Å²) in [5.41, 5.74) is 10.7. The van der Waals surface area contributed by atoms with E-state index in [0.29, 0.717) is 38.3 Å². The average Bonchev–Trinajstić information content (AvgIpc) is 3.13. The van der Waals surface area contributed by atoms with Crippen molar-refractivity contribution in [3.05, 3.63) is 138 Å². The van der Waals surface area contributed by atoms with Crippen LogP contribution in [0.5, 0.6) is 0 Å². The van der Waals surface area contributed by atoms with Crippen LogP contribution in [0.3, 0.4) is 0 Å². The number of anilines is 1. The molecule has 2 amide bonds. The quantitative estimate of drug-likeness (QED) is 0.191. The molecular weight excluding hydrogens is 594 g/mol. The van der Waals surface area contributed by atoms with Crippen LogP contribution in [0.1, 0.15) is 34.6 Å². The zero-order valence-corrected chi connectivity index (χ0v) is 26.6. The number of para-hydroxylation sites is 1. The summed E-state index contributed by atoms with van der Waals surface area (Å²) in [6.45, 7) is 1.30. The molecule has 4 N–H and O–H groups in total. The van der Waals surface area contributed by atoms with Crippen molar-refractivity contribution in [1.82, 2.24) is 5.32 Å². The number of rotatable bonds is 13. The summed E-state index contributed by atoms with van der Waals surface area (Å²) in [6.07, 6.45) is -0.349. The maximum absolute atomic E-state index is 14.2. The molecule has 4 aromatic rings. The smallest absolute Gasteiger partial charge is 0.420 e. The highest BCUT2D eigenvalue weighted by molar-refractivity contribution is 6.15. The van der Waals surface area contributed by atoms with Crippen molar-refractivity contribution in [3.8, 4) is 0 Å². The number of aryl methyl sites for hydroxylation is 1. The van der Waals surface area contributed by atoms with Crippen LogP contribution >= 0.6 is 0 Å². The Morgan fingerprint density at radius 1 is 0.915 bits per heavy atom. The van der Waals surface area contributed by atoms with Crippen LogP contribution in [0.15, 0.2) is 115 Å². The van der Waals surface area contributed by atoms with Crippen LogP contribution in [0.4, 0.5) is 10.5 Å². The minimum atomic E-state index is -1.08. The van der Waals surface area contributed by atoms with E-state index in [1.54, 1.807) is 12.1 Å². The van der Waals surface area contributed by atoms with Gasteiger partial charge in [0.25, 0.3) is 5.91 Å². The monoisotopic (exact) mass is 637 g/mol. The van der Waals surface area contributed by atoms with Crippen molar-refractivity contribution in [3.63, 3.8) is 0 Å². The largest absolute Gasteiger partial charge is 0.452 e. The van der Waals surface area contributed by atoms with Crippen molar-refractivity contribution in [2.24, 2.45) is 5.73 Å². The van der Waals surface area contributed by atoms with Gasteiger partial charge in [-0.25, -0.2) is 9.69 Å². The highest BCUT2D eigenvalue weighted by Crippen LogP contribution is 2.31. The summed E-state index contributed by atoms with van der Waals surface area (Å²) < 4.78 is 17.3. The van der Waals surface area contributed by atoms with E-state index in [1.807, 2.05) is 103 Å². The number of nitrogens with one attached hydrogen (secondary N) is 1. The Kier molecular flexibility index (Phi) is 12.3. The van der Waals surface area contributed by atoms with Crippen molar-refractivity contribution in [2.75, 3.05) is 31.8 Å². The fourth-order valence-corrected chi connectivity index (χ4v) is 6.06. The van der Waals surface area contributed by atoms with Gasteiger partial charge in [0.15, 0.2) is 0 Å². The first-order valence-corrected chi connectivity index (χ1v) is 16.0. The third-order valence-corrected chi connectivity index (χ3v) is 8.52. The van der Waals surface area contributed by atoms with Crippen LogP contribution in [-0.4, -0.2) is 68.3 Å². The van der Waals surface area contributed by atoms with Crippen LogP contribution in [0.25, 0.3) is 0 Å². The molecule has 9 nitrogen and oxygen atoms in total. The Bertz CT molecular complexity index is 1520. The molecule has 47 heavy (non-hydrogen) atoms. The van der Waals surface area contributed by atoms with Gasteiger partial charge in [-0.05, 0) is 41.2 Å². The standard InChI is InChI=1S/C38H43N3O6/c1-45-38(44)41(37(43)36(39)35(29-16-7-3-8-17-29)30-18-9-4-10-19-30)33-20-12-11-15-28(33)21-22-31-23-40-32(34(24-42)47-31)26-46-25-27-13-5-2-6-14-27/h2-20,31-32,34-36,40,42H,21-26,39H2,1H3/t31-,32-,34-,36+/m1/s1. The lowest BCUT2D eigenvalue weighted by Crippen LogP contribution is -2.56. The van der Waals surface area contributed by atoms with Gasteiger partial charge in [-0.15, -0.1) is 0 Å². The van der Waals surface area contributed by atoms with Gasteiger partial charge in [0.2, 0.25) is 0 Å². The SMILES string of the molecule is COC(=O)N(C(=O)[C@@H](N)C(c1ccccc1)c1ccccc1)c1ccccc1CC[C@@H]1CN[C@H](COCc2ccccc2)[C@@H](CO)O1. The molecule has 0 aliphatic carbocycles. The maximum Gasteiger partial charge on any atom is 0.420 e. The Labute approximate surface area is 276 Å². The average molecular weight is 638 g/mol. The number of hydrogen-bond donors (Lipinski definition) is 3. The van der Waals surface area contributed by atoms with Gasteiger partial charge in [0.05, 0.1) is 56.9 Å². The van der Waals surface area contributed by atoms with E-state index < -0.39 is 30.1 Å². The Morgan fingerprint density at radius 2 is 1.51 bits per heavy atom. The Hall–Kier alpha value is -4.38. The van der Waals surface area contributed by atoms with Crippen LogP contribution < -0.4 is 16.0 Å². The number of benzene rings is 4. The zero-order chi connectivity index (χ0) is 33.0. The topological polar surface area (TPSA) is 123 Å². The fourth-order valence-electron chi connectivity index (χ4n) is 6.06. The van der Waals surface area contributed by atoms with Crippen LogP contribution in [0, 0.1) is 0 Å². The number of methoxy groups -OCH3 is 1. The van der Waals surface area contributed by atoms with E-state index in [1.165, 1.54) is 7.11 Å². The first-order valence-electron chi connectivity index (χ1n) is 16.0. The number of aliphatic hydroxyl groups is 1. The number of ether oxygens (including phenoxy) is 3. The highest BCUT2D eigenvalue weighted by atomic mass is 16.5. The number of carbonyl (C=O) groups is 2. The van der Waals surface area contributed by atoms with Gasteiger partial charge in [-0.2, -0.15) is 0 Å². The number of nitrogens with two attached hydrogens (primary N) is 1. The molecule has 0 bridgehead atoms. The summed E-state index contributed by atoms with van der Waals surface area (Å²) >= 11 is 0. The second kappa shape index (κ2) is 17.0. The molecule has 0 unspecified atom stereocenters.